The highest BCUT2D eigenvalue weighted by atomic mass is 19.1. The number of nitrogens with zero attached hydrogens (tertiary/aromatic N) is 6. The molecule has 2 aromatic heterocycles. The molecular weight excluding hydrogens is 447 g/mol. The minimum absolute atomic E-state index is 0.202. The van der Waals surface area contributed by atoms with Gasteiger partial charge in [-0.25, -0.2) is 19.2 Å². The van der Waals surface area contributed by atoms with Crippen molar-refractivity contribution in [2.24, 2.45) is 0 Å². The van der Waals surface area contributed by atoms with E-state index < -0.39 is 18.7 Å². The second-order valence-electron chi connectivity index (χ2n) is 8.01. The van der Waals surface area contributed by atoms with Gasteiger partial charge in [-0.15, -0.1) is 0 Å². The van der Waals surface area contributed by atoms with Crippen molar-refractivity contribution in [3.05, 3.63) is 89.0 Å². The first-order chi connectivity index (χ1) is 17.1. The van der Waals surface area contributed by atoms with Crippen LogP contribution in [-0.4, -0.2) is 32.1 Å². The average Bonchev–Trinajstić information content (AvgIpc) is 3.27. The van der Waals surface area contributed by atoms with Crippen molar-refractivity contribution in [1.82, 2.24) is 19.5 Å². The molecule has 174 valence electrons. The van der Waals surface area contributed by atoms with Crippen LogP contribution in [0.4, 0.5) is 16.0 Å². The number of hydrogen-bond donors (Lipinski definition) is 0. The van der Waals surface area contributed by atoms with Crippen LogP contribution in [0, 0.1) is 11.3 Å². The van der Waals surface area contributed by atoms with E-state index in [0.717, 1.165) is 5.56 Å². The Kier molecular flexibility index (Phi) is 5.71. The van der Waals surface area contributed by atoms with E-state index in [9.17, 15) is 14.4 Å². The summed E-state index contributed by atoms with van der Waals surface area (Å²) in [6.45, 7) is 3.15. The van der Waals surface area contributed by atoms with Gasteiger partial charge in [0.25, 0.3) is 0 Å². The molecule has 1 aliphatic rings. The lowest BCUT2D eigenvalue weighted by molar-refractivity contribution is -0.139. The number of alkyl halides is 1. The molecule has 35 heavy (non-hydrogen) atoms. The van der Waals surface area contributed by atoms with Crippen molar-refractivity contribution >= 4 is 28.8 Å². The van der Waals surface area contributed by atoms with Gasteiger partial charge in [0.1, 0.15) is 18.5 Å². The molecule has 5 rings (SSSR count). The molecule has 0 radical (unpaired) electrons. The van der Waals surface area contributed by atoms with Crippen molar-refractivity contribution < 1.29 is 13.9 Å². The predicted molar refractivity (Wildman–Crippen MR) is 127 cm³/mol. The fourth-order valence-electron chi connectivity index (χ4n) is 4.45. The van der Waals surface area contributed by atoms with E-state index in [2.05, 4.69) is 16.0 Å². The van der Waals surface area contributed by atoms with E-state index in [4.69, 9.17) is 9.72 Å². The molecule has 4 aromatic rings. The number of hydrogen-bond acceptors (Lipinski definition) is 7. The molecule has 0 aliphatic carbocycles. The number of ether oxygens (including phenoxy) is 1. The first-order valence-electron chi connectivity index (χ1n) is 11.1. The molecule has 1 aliphatic heterocycles. The molecule has 0 saturated heterocycles. The molecule has 2 aromatic carbocycles. The molecular formula is C26H21FN6O2. The second-order valence-corrected chi connectivity index (χ2v) is 8.01. The van der Waals surface area contributed by atoms with Crippen LogP contribution in [0.15, 0.2) is 72.3 Å². The Balaban J connectivity index is 1.84. The Bertz CT molecular complexity index is 1500. The zero-order chi connectivity index (χ0) is 24.5. The molecule has 9 heteroatoms. The Morgan fingerprint density at radius 3 is 2.74 bits per heavy atom. The van der Waals surface area contributed by atoms with Gasteiger partial charge in [0, 0.05) is 11.4 Å². The topological polar surface area (TPSA) is 96.9 Å². The number of carbonyl (C=O) groups excluding carboxylic acids is 1. The molecule has 8 nitrogen and oxygen atoms in total. The van der Waals surface area contributed by atoms with Gasteiger partial charge >= 0.3 is 5.97 Å². The number of fused-ring (bicyclic) bond motifs is 3. The molecule has 0 saturated carbocycles. The number of aromatic nitrogens is 4. The first kappa shape index (κ1) is 22.2. The number of anilines is 2. The summed E-state index contributed by atoms with van der Waals surface area (Å²) in [5, 5.41) is 9.26. The lowest BCUT2D eigenvalue weighted by Gasteiger charge is -2.36. The van der Waals surface area contributed by atoms with Crippen LogP contribution in [0.3, 0.4) is 0 Å². The van der Waals surface area contributed by atoms with E-state index in [1.54, 1.807) is 43.5 Å². The summed E-state index contributed by atoms with van der Waals surface area (Å²) in [7, 11) is 0. The zero-order valence-corrected chi connectivity index (χ0v) is 19.1. The van der Waals surface area contributed by atoms with Crippen LogP contribution >= 0.6 is 0 Å². The molecule has 0 fully saturated rings. The Morgan fingerprint density at radius 2 is 2.03 bits per heavy atom. The highest BCUT2D eigenvalue weighted by Crippen LogP contribution is 2.45. The lowest BCUT2D eigenvalue weighted by Crippen LogP contribution is -2.34. The van der Waals surface area contributed by atoms with Crippen LogP contribution in [0.25, 0.3) is 11.2 Å². The zero-order valence-electron chi connectivity index (χ0n) is 19.1. The van der Waals surface area contributed by atoms with Crippen molar-refractivity contribution in [3.8, 4) is 6.07 Å². The maximum atomic E-state index is 13.5. The fourth-order valence-corrected chi connectivity index (χ4v) is 4.45. The second kappa shape index (κ2) is 8.99. The lowest BCUT2D eigenvalue weighted by atomic mass is 9.93. The van der Waals surface area contributed by atoms with Crippen molar-refractivity contribution in [3.63, 3.8) is 0 Å². The molecule has 0 amide bonds. The third kappa shape index (κ3) is 3.69. The summed E-state index contributed by atoms with van der Waals surface area (Å²) < 4.78 is 20.9. The van der Waals surface area contributed by atoms with Crippen LogP contribution < -0.4 is 4.90 Å². The fraction of sp³-hybridized carbons (Fsp3) is 0.192. The Morgan fingerprint density at radius 1 is 1.23 bits per heavy atom. The molecule has 1 atom stereocenters. The number of halogens is 1. The third-order valence-electron chi connectivity index (χ3n) is 5.98. The standard InChI is InChI=1S/C26H21FN6O2/c1-3-35-25(34)22-16(2)32(20-6-4-5-18(11-20)12-27)26-31-24-21(14-29-15-30-24)33(26)23(22)19-9-7-17(13-28)8-10-19/h4-11,14-15,23H,3,12H2,1-2H3. The van der Waals surface area contributed by atoms with Gasteiger partial charge in [-0.2, -0.15) is 10.2 Å². The summed E-state index contributed by atoms with van der Waals surface area (Å²) in [6, 6.07) is 15.6. The van der Waals surface area contributed by atoms with E-state index in [1.165, 1.54) is 6.33 Å². The Labute approximate surface area is 200 Å². The van der Waals surface area contributed by atoms with E-state index >= 15 is 0 Å². The normalized spacial score (nSPS) is 15.1. The minimum atomic E-state index is -0.620. The van der Waals surface area contributed by atoms with E-state index in [0.29, 0.717) is 45.2 Å². The number of rotatable bonds is 5. The minimum Gasteiger partial charge on any atom is -0.463 e. The highest BCUT2D eigenvalue weighted by Gasteiger charge is 2.39. The maximum Gasteiger partial charge on any atom is 0.338 e. The van der Waals surface area contributed by atoms with Gasteiger partial charge in [-0.05, 0) is 49.2 Å². The van der Waals surface area contributed by atoms with E-state index in [1.807, 2.05) is 34.6 Å². The highest BCUT2D eigenvalue weighted by molar-refractivity contribution is 5.95. The first-order valence-corrected chi connectivity index (χ1v) is 11.1. The molecule has 0 spiro atoms. The number of nitriles is 1. The van der Waals surface area contributed by atoms with Gasteiger partial charge in [0.2, 0.25) is 5.95 Å². The van der Waals surface area contributed by atoms with E-state index in [-0.39, 0.29) is 6.61 Å². The van der Waals surface area contributed by atoms with Crippen molar-refractivity contribution in [1.29, 1.82) is 5.26 Å². The largest absolute Gasteiger partial charge is 0.463 e. The number of imidazole rings is 1. The van der Waals surface area contributed by atoms with Gasteiger partial charge in [-0.1, -0.05) is 24.3 Å². The molecule has 0 N–H and O–H groups in total. The van der Waals surface area contributed by atoms with Gasteiger partial charge in [-0.3, -0.25) is 9.47 Å². The molecule has 3 heterocycles. The number of benzene rings is 2. The maximum absolute atomic E-state index is 13.5. The van der Waals surface area contributed by atoms with Gasteiger partial charge in [0.05, 0.1) is 36.1 Å². The summed E-state index contributed by atoms with van der Waals surface area (Å²) in [5.74, 6) is 0.0340. The van der Waals surface area contributed by atoms with Crippen LogP contribution in [0.2, 0.25) is 0 Å². The van der Waals surface area contributed by atoms with Gasteiger partial charge < -0.3 is 4.74 Å². The monoisotopic (exact) mass is 468 g/mol. The van der Waals surface area contributed by atoms with Gasteiger partial charge in [0.15, 0.2) is 5.65 Å². The third-order valence-corrected chi connectivity index (χ3v) is 5.98. The number of esters is 1. The summed E-state index contributed by atoms with van der Waals surface area (Å²) >= 11 is 0. The summed E-state index contributed by atoms with van der Waals surface area (Å²) in [6.07, 6.45) is 3.06. The van der Waals surface area contributed by atoms with Crippen LogP contribution in [-0.2, 0) is 16.2 Å². The summed E-state index contributed by atoms with van der Waals surface area (Å²) in [5.41, 5.74) is 4.52. The van der Waals surface area contributed by atoms with Crippen molar-refractivity contribution in [2.45, 2.75) is 26.6 Å². The Hall–Kier alpha value is -4.58. The smallest absolute Gasteiger partial charge is 0.338 e. The molecule has 1 unspecified atom stereocenters. The molecule has 0 bridgehead atoms. The SMILES string of the molecule is CCOC(=O)C1=C(C)N(c2cccc(CF)c2)c2nc3ncncc3n2C1c1ccc(C#N)cc1. The summed E-state index contributed by atoms with van der Waals surface area (Å²) in [4.78, 5) is 28.5. The van der Waals surface area contributed by atoms with Crippen LogP contribution in [0.5, 0.6) is 0 Å². The number of carbonyl (C=O) groups is 1. The van der Waals surface area contributed by atoms with Crippen molar-refractivity contribution in [2.75, 3.05) is 11.5 Å². The average molecular weight is 468 g/mol. The number of allylic oxidation sites excluding steroid dienone is 1. The predicted octanol–water partition coefficient (Wildman–Crippen LogP) is 4.75. The van der Waals surface area contributed by atoms with Crippen LogP contribution in [0.1, 0.15) is 36.6 Å². The quantitative estimate of drug-likeness (QED) is 0.390.